The number of nitrogens with zero attached hydrogens (tertiary/aromatic N) is 1. The summed E-state index contributed by atoms with van der Waals surface area (Å²) in [6.45, 7) is 1.76. The van der Waals surface area contributed by atoms with Crippen LogP contribution in [0.2, 0.25) is 5.02 Å². The van der Waals surface area contributed by atoms with Crippen LogP contribution in [0.15, 0.2) is 16.6 Å². The Morgan fingerprint density at radius 1 is 1.62 bits per heavy atom. The smallest absolute Gasteiger partial charge is 0.345 e. The van der Waals surface area contributed by atoms with Crippen LogP contribution >= 0.6 is 27.5 Å². The molecule has 1 rings (SSSR count). The van der Waals surface area contributed by atoms with Gasteiger partial charge < -0.3 is 4.74 Å². The van der Waals surface area contributed by atoms with Gasteiger partial charge in [0.25, 0.3) is 0 Å². The molecule has 5 nitrogen and oxygen atoms in total. The molecule has 0 saturated heterocycles. The van der Waals surface area contributed by atoms with Crippen LogP contribution in [0.5, 0.6) is 0 Å². The molecular formula is C9H7BrClNO4. The zero-order chi connectivity index (χ0) is 12.3. The molecule has 0 aromatic heterocycles. The summed E-state index contributed by atoms with van der Waals surface area (Å²) in [5.74, 6) is -0.761. The normalized spacial score (nSPS) is 9.94. The van der Waals surface area contributed by atoms with E-state index in [-0.39, 0.29) is 17.2 Å². The number of carbonyl (C=O) groups excluding carboxylic acids is 1. The highest BCUT2D eigenvalue weighted by atomic mass is 79.9. The Hall–Kier alpha value is -1.14. The Morgan fingerprint density at radius 2 is 2.25 bits per heavy atom. The predicted molar refractivity (Wildman–Crippen MR) is 61.8 cm³/mol. The second kappa shape index (κ2) is 5.27. The third kappa shape index (κ3) is 2.51. The van der Waals surface area contributed by atoms with Gasteiger partial charge in [-0.15, -0.1) is 0 Å². The van der Waals surface area contributed by atoms with Crippen LogP contribution in [-0.4, -0.2) is 17.5 Å². The van der Waals surface area contributed by atoms with Crippen molar-refractivity contribution in [1.82, 2.24) is 0 Å². The van der Waals surface area contributed by atoms with Crippen molar-refractivity contribution >= 4 is 39.2 Å². The Morgan fingerprint density at radius 3 is 2.75 bits per heavy atom. The highest BCUT2D eigenvalue weighted by Gasteiger charge is 2.26. The monoisotopic (exact) mass is 307 g/mol. The van der Waals surface area contributed by atoms with Crippen molar-refractivity contribution in [2.45, 2.75) is 6.92 Å². The van der Waals surface area contributed by atoms with Gasteiger partial charge in [0.05, 0.1) is 11.5 Å². The van der Waals surface area contributed by atoms with Crippen molar-refractivity contribution in [3.05, 3.63) is 37.3 Å². The molecule has 0 radical (unpaired) electrons. The number of esters is 1. The quantitative estimate of drug-likeness (QED) is 0.488. The summed E-state index contributed by atoms with van der Waals surface area (Å²) < 4.78 is 5.05. The molecule has 0 saturated carbocycles. The number of benzene rings is 1. The van der Waals surface area contributed by atoms with Crippen molar-refractivity contribution in [3.63, 3.8) is 0 Å². The third-order valence-corrected chi connectivity index (χ3v) is 3.02. The molecular weight excluding hydrogens is 301 g/mol. The van der Waals surface area contributed by atoms with Crippen LogP contribution in [0.1, 0.15) is 17.3 Å². The van der Waals surface area contributed by atoms with Crippen LogP contribution in [0, 0.1) is 10.1 Å². The highest BCUT2D eigenvalue weighted by molar-refractivity contribution is 9.10. The van der Waals surface area contributed by atoms with E-state index >= 15 is 0 Å². The summed E-state index contributed by atoms with van der Waals surface area (Å²) in [7, 11) is 0. The first-order valence-corrected chi connectivity index (χ1v) is 5.45. The van der Waals surface area contributed by atoms with Gasteiger partial charge in [-0.3, -0.25) is 10.1 Å². The third-order valence-electron chi connectivity index (χ3n) is 1.75. The van der Waals surface area contributed by atoms with E-state index in [0.717, 1.165) is 0 Å². The molecule has 16 heavy (non-hydrogen) atoms. The topological polar surface area (TPSA) is 69.4 Å². The predicted octanol–water partition coefficient (Wildman–Crippen LogP) is 3.19. The van der Waals surface area contributed by atoms with Gasteiger partial charge in [0.15, 0.2) is 0 Å². The maximum atomic E-state index is 11.4. The van der Waals surface area contributed by atoms with Crippen molar-refractivity contribution in [3.8, 4) is 0 Å². The van der Waals surface area contributed by atoms with E-state index < -0.39 is 16.6 Å². The summed E-state index contributed by atoms with van der Waals surface area (Å²) in [6, 6.07) is 2.76. The van der Waals surface area contributed by atoms with Crippen molar-refractivity contribution in [2.24, 2.45) is 0 Å². The first-order valence-electron chi connectivity index (χ1n) is 4.28. The van der Waals surface area contributed by atoms with E-state index in [1.807, 2.05) is 0 Å². The summed E-state index contributed by atoms with van der Waals surface area (Å²) in [6.07, 6.45) is 0. The molecule has 0 aliphatic heterocycles. The zero-order valence-corrected chi connectivity index (χ0v) is 10.5. The second-order valence-electron chi connectivity index (χ2n) is 2.74. The highest BCUT2D eigenvalue weighted by Crippen LogP contribution is 2.35. The molecule has 0 N–H and O–H groups in total. The molecule has 0 atom stereocenters. The molecule has 0 fully saturated rings. The van der Waals surface area contributed by atoms with Gasteiger partial charge in [-0.05, 0) is 35.0 Å². The molecule has 0 amide bonds. The van der Waals surface area contributed by atoms with Crippen molar-refractivity contribution in [2.75, 3.05) is 6.61 Å². The van der Waals surface area contributed by atoms with E-state index in [1.54, 1.807) is 6.92 Å². The van der Waals surface area contributed by atoms with E-state index in [4.69, 9.17) is 16.3 Å². The number of nitro groups is 1. The molecule has 0 heterocycles. The molecule has 0 aliphatic carbocycles. The Bertz CT molecular complexity index is 449. The number of rotatable bonds is 3. The molecule has 7 heteroatoms. The summed E-state index contributed by atoms with van der Waals surface area (Å²) >= 11 is 8.79. The maximum Gasteiger partial charge on any atom is 0.345 e. The molecule has 0 bridgehead atoms. The van der Waals surface area contributed by atoms with Crippen molar-refractivity contribution in [1.29, 1.82) is 0 Å². The van der Waals surface area contributed by atoms with Gasteiger partial charge in [-0.25, -0.2) is 4.79 Å². The van der Waals surface area contributed by atoms with Gasteiger partial charge >= 0.3 is 11.7 Å². The van der Waals surface area contributed by atoms with Crippen LogP contribution < -0.4 is 0 Å². The number of carbonyl (C=O) groups is 1. The van der Waals surface area contributed by atoms with Crippen LogP contribution in [0.4, 0.5) is 5.69 Å². The maximum absolute atomic E-state index is 11.4. The zero-order valence-electron chi connectivity index (χ0n) is 8.20. The lowest BCUT2D eigenvalue weighted by Crippen LogP contribution is -2.08. The first kappa shape index (κ1) is 12.9. The van der Waals surface area contributed by atoms with Crippen molar-refractivity contribution < 1.29 is 14.5 Å². The van der Waals surface area contributed by atoms with Gasteiger partial charge in [0, 0.05) is 4.47 Å². The minimum Gasteiger partial charge on any atom is -0.462 e. The molecule has 1 aromatic rings. The fourth-order valence-corrected chi connectivity index (χ4v) is 1.65. The lowest BCUT2D eigenvalue weighted by atomic mass is 10.2. The molecule has 0 spiro atoms. The molecule has 0 aliphatic rings. The minimum atomic E-state index is -0.761. The van der Waals surface area contributed by atoms with Gasteiger partial charge in [-0.1, -0.05) is 11.6 Å². The fraction of sp³-hybridized carbons (Fsp3) is 0.222. The van der Waals surface area contributed by atoms with Crippen LogP contribution in [0.25, 0.3) is 0 Å². The number of nitro benzene ring substituents is 1. The average molecular weight is 309 g/mol. The molecule has 86 valence electrons. The average Bonchev–Trinajstić information content (AvgIpc) is 2.21. The van der Waals surface area contributed by atoms with E-state index in [9.17, 15) is 14.9 Å². The van der Waals surface area contributed by atoms with Crippen LogP contribution in [0.3, 0.4) is 0 Å². The lowest BCUT2D eigenvalue weighted by Gasteiger charge is -2.05. The fourth-order valence-electron chi connectivity index (χ4n) is 1.09. The number of halogens is 2. The molecule has 0 unspecified atom stereocenters. The SMILES string of the molecule is CCOC(=O)c1ccc(Br)c(Cl)c1[N+](=O)[O-]. The van der Waals surface area contributed by atoms with E-state index in [0.29, 0.717) is 4.47 Å². The van der Waals surface area contributed by atoms with Gasteiger partial charge in [0.1, 0.15) is 10.6 Å². The van der Waals surface area contributed by atoms with Gasteiger partial charge in [0.2, 0.25) is 0 Å². The van der Waals surface area contributed by atoms with Gasteiger partial charge in [-0.2, -0.15) is 0 Å². The Kier molecular flexibility index (Phi) is 4.26. The number of ether oxygens (including phenoxy) is 1. The summed E-state index contributed by atoms with van der Waals surface area (Å²) in [5.41, 5.74) is -0.602. The van der Waals surface area contributed by atoms with Crippen LogP contribution in [-0.2, 0) is 4.74 Å². The first-order chi connectivity index (χ1) is 7.49. The largest absolute Gasteiger partial charge is 0.462 e. The Balaban J connectivity index is 3.34. The Labute approximate surface area is 105 Å². The van der Waals surface area contributed by atoms with E-state index in [2.05, 4.69) is 15.9 Å². The van der Waals surface area contributed by atoms with E-state index in [1.165, 1.54) is 12.1 Å². The summed E-state index contributed by atoms with van der Waals surface area (Å²) in [5, 5.41) is 10.7. The lowest BCUT2D eigenvalue weighted by molar-refractivity contribution is -0.385. The number of hydrogen-bond donors (Lipinski definition) is 0. The standard InChI is InChI=1S/C9H7BrClNO4/c1-2-16-9(13)5-3-4-6(10)7(11)8(5)12(14)15/h3-4H,2H2,1H3. The summed E-state index contributed by atoms with van der Waals surface area (Å²) in [4.78, 5) is 21.5. The number of hydrogen-bond acceptors (Lipinski definition) is 4. The minimum absolute atomic E-state index is 0.115. The molecule has 1 aromatic carbocycles. The second-order valence-corrected chi connectivity index (χ2v) is 3.97.